The molecule has 0 aromatic heterocycles. The number of urea groups is 1. The Morgan fingerprint density at radius 2 is 1.76 bits per heavy atom. The van der Waals surface area contributed by atoms with Gasteiger partial charge in [-0.05, 0) is 26.0 Å². The fraction of sp³-hybridized carbons (Fsp3) is 0.357. The van der Waals surface area contributed by atoms with Crippen molar-refractivity contribution in [1.29, 1.82) is 0 Å². The van der Waals surface area contributed by atoms with Gasteiger partial charge >= 0.3 is 12.0 Å². The average molecular weight is 310 g/mol. The Morgan fingerprint density at radius 1 is 1.14 bits per heavy atom. The zero-order valence-corrected chi connectivity index (χ0v) is 12.9. The van der Waals surface area contributed by atoms with Crippen LogP contribution in [0.3, 0.4) is 0 Å². The topological polar surface area (TPSA) is 84.5 Å². The molecule has 1 rings (SSSR count). The van der Waals surface area contributed by atoms with Crippen LogP contribution in [0, 0.1) is 0 Å². The second kappa shape index (κ2) is 8.31. The van der Waals surface area contributed by atoms with E-state index in [4.69, 9.17) is 4.74 Å². The fourth-order valence-electron chi connectivity index (χ4n) is 1.35. The summed E-state index contributed by atoms with van der Waals surface area (Å²) in [6, 6.07) is 8.76. The SMILES string of the molecule is CNC(=O)NC(=O)[C@H](C)OC(=O)[C@@H](C)Sc1ccccc1. The number of rotatable bonds is 5. The van der Waals surface area contributed by atoms with Crippen LogP contribution in [-0.4, -0.2) is 36.3 Å². The maximum atomic E-state index is 11.9. The highest BCUT2D eigenvalue weighted by Crippen LogP contribution is 2.23. The molecule has 6 nitrogen and oxygen atoms in total. The first-order chi connectivity index (χ1) is 9.93. The Bertz CT molecular complexity index is 507. The van der Waals surface area contributed by atoms with Gasteiger partial charge in [0.1, 0.15) is 5.25 Å². The van der Waals surface area contributed by atoms with Crippen molar-refractivity contribution in [3.05, 3.63) is 30.3 Å². The molecule has 1 aromatic rings. The highest BCUT2D eigenvalue weighted by molar-refractivity contribution is 8.00. The van der Waals surface area contributed by atoms with E-state index >= 15 is 0 Å². The van der Waals surface area contributed by atoms with Crippen molar-refractivity contribution in [3.63, 3.8) is 0 Å². The first-order valence-corrected chi connectivity index (χ1v) is 7.26. The molecule has 1 aromatic carbocycles. The summed E-state index contributed by atoms with van der Waals surface area (Å²) in [6.45, 7) is 3.11. The van der Waals surface area contributed by atoms with Gasteiger partial charge in [0.25, 0.3) is 5.91 Å². The summed E-state index contributed by atoms with van der Waals surface area (Å²) in [5, 5.41) is 3.84. The second-order valence-corrected chi connectivity index (χ2v) is 5.63. The van der Waals surface area contributed by atoms with E-state index in [1.165, 1.54) is 25.7 Å². The third-order valence-electron chi connectivity index (χ3n) is 2.51. The molecule has 2 atom stereocenters. The van der Waals surface area contributed by atoms with E-state index in [1.54, 1.807) is 6.92 Å². The van der Waals surface area contributed by atoms with Gasteiger partial charge in [0.15, 0.2) is 6.10 Å². The summed E-state index contributed by atoms with van der Waals surface area (Å²) < 4.78 is 5.04. The van der Waals surface area contributed by atoms with Gasteiger partial charge in [0.05, 0.1) is 0 Å². The van der Waals surface area contributed by atoms with Crippen LogP contribution < -0.4 is 10.6 Å². The molecule has 0 saturated heterocycles. The molecule has 7 heteroatoms. The number of carbonyl (C=O) groups is 3. The zero-order chi connectivity index (χ0) is 15.8. The first-order valence-electron chi connectivity index (χ1n) is 6.38. The van der Waals surface area contributed by atoms with Gasteiger partial charge in [0.2, 0.25) is 0 Å². The summed E-state index contributed by atoms with van der Waals surface area (Å²) in [5.41, 5.74) is 0. The first kappa shape index (κ1) is 17.0. The highest BCUT2D eigenvalue weighted by Gasteiger charge is 2.23. The summed E-state index contributed by atoms with van der Waals surface area (Å²) in [6.07, 6.45) is -1.03. The number of amides is 3. The summed E-state index contributed by atoms with van der Waals surface area (Å²) in [7, 11) is 1.39. The number of hydrogen-bond donors (Lipinski definition) is 2. The number of imide groups is 1. The van der Waals surface area contributed by atoms with E-state index in [2.05, 4.69) is 10.6 Å². The number of hydrogen-bond acceptors (Lipinski definition) is 5. The van der Waals surface area contributed by atoms with E-state index in [9.17, 15) is 14.4 Å². The molecule has 21 heavy (non-hydrogen) atoms. The van der Waals surface area contributed by atoms with Crippen molar-refractivity contribution in [2.45, 2.75) is 30.1 Å². The van der Waals surface area contributed by atoms with Crippen LogP contribution in [0.25, 0.3) is 0 Å². The molecule has 2 N–H and O–H groups in total. The smallest absolute Gasteiger partial charge is 0.321 e. The Morgan fingerprint density at radius 3 is 2.33 bits per heavy atom. The van der Waals surface area contributed by atoms with Crippen molar-refractivity contribution < 1.29 is 19.1 Å². The van der Waals surface area contributed by atoms with Crippen molar-refractivity contribution >= 4 is 29.7 Å². The molecule has 0 saturated carbocycles. The molecule has 0 aliphatic carbocycles. The minimum atomic E-state index is -1.03. The molecule has 0 aliphatic heterocycles. The quantitative estimate of drug-likeness (QED) is 0.637. The number of nitrogens with one attached hydrogen (secondary N) is 2. The Hall–Kier alpha value is -2.02. The van der Waals surface area contributed by atoms with Gasteiger partial charge in [0, 0.05) is 11.9 Å². The maximum absolute atomic E-state index is 11.9. The molecular formula is C14H18N2O4S. The highest BCUT2D eigenvalue weighted by atomic mass is 32.2. The lowest BCUT2D eigenvalue weighted by molar-refractivity contribution is -0.153. The lowest BCUT2D eigenvalue weighted by Gasteiger charge is -2.16. The number of thioether (sulfide) groups is 1. The molecule has 0 heterocycles. The van der Waals surface area contributed by atoms with E-state index in [-0.39, 0.29) is 0 Å². The number of ether oxygens (including phenoxy) is 1. The van der Waals surface area contributed by atoms with Crippen LogP contribution >= 0.6 is 11.8 Å². The maximum Gasteiger partial charge on any atom is 0.321 e. The zero-order valence-electron chi connectivity index (χ0n) is 12.1. The third kappa shape index (κ3) is 5.86. The Labute approximate surface area is 127 Å². The fourth-order valence-corrected chi connectivity index (χ4v) is 2.23. The van der Waals surface area contributed by atoms with Crippen molar-refractivity contribution in [1.82, 2.24) is 10.6 Å². The van der Waals surface area contributed by atoms with Gasteiger partial charge in [-0.3, -0.25) is 14.9 Å². The van der Waals surface area contributed by atoms with Crippen molar-refractivity contribution in [2.24, 2.45) is 0 Å². The molecule has 0 aliphatic rings. The van der Waals surface area contributed by atoms with Gasteiger partial charge in [-0.15, -0.1) is 11.8 Å². The van der Waals surface area contributed by atoms with E-state index in [1.807, 2.05) is 30.3 Å². The normalized spacial score (nSPS) is 12.9. The van der Waals surface area contributed by atoms with E-state index < -0.39 is 29.3 Å². The molecule has 0 unspecified atom stereocenters. The van der Waals surface area contributed by atoms with Crippen LogP contribution in [0.15, 0.2) is 35.2 Å². The van der Waals surface area contributed by atoms with Crippen LogP contribution in [0.2, 0.25) is 0 Å². The van der Waals surface area contributed by atoms with Gasteiger partial charge in [-0.1, -0.05) is 18.2 Å². The third-order valence-corrected chi connectivity index (χ3v) is 3.60. The van der Waals surface area contributed by atoms with Crippen LogP contribution in [0.1, 0.15) is 13.8 Å². The molecule has 0 radical (unpaired) electrons. The van der Waals surface area contributed by atoms with Crippen LogP contribution in [0.5, 0.6) is 0 Å². The van der Waals surface area contributed by atoms with Gasteiger partial charge in [-0.25, -0.2) is 4.79 Å². The molecule has 0 fully saturated rings. The standard InChI is InChI=1S/C14H18N2O4S/c1-9(12(17)16-14(19)15-3)20-13(18)10(2)21-11-7-5-4-6-8-11/h4-10H,1-3H3,(H2,15,16,17,19)/t9-,10+/m0/s1. The predicted molar refractivity (Wildman–Crippen MR) is 79.9 cm³/mol. The Balaban J connectivity index is 2.48. The van der Waals surface area contributed by atoms with E-state index in [0.717, 1.165) is 4.90 Å². The lowest BCUT2D eigenvalue weighted by Crippen LogP contribution is -2.44. The molecule has 0 bridgehead atoms. The number of carbonyl (C=O) groups excluding carboxylic acids is 3. The monoisotopic (exact) mass is 310 g/mol. The summed E-state index contributed by atoms with van der Waals surface area (Å²) in [5.74, 6) is -1.18. The number of esters is 1. The predicted octanol–water partition coefficient (Wildman–Crippen LogP) is 1.55. The van der Waals surface area contributed by atoms with Crippen LogP contribution in [0.4, 0.5) is 4.79 Å². The second-order valence-electron chi connectivity index (χ2n) is 4.22. The minimum Gasteiger partial charge on any atom is -0.452 e. The molecular weight excluding hydrogens is 292 g/mol. The largest absolute Gasteiger partial charge is 0.452 e. The van der Waals surface area contributed by atoms with Gasteiger partial charge in [-0.2, -0.15) is 0 Å². The number of benzene rings is 1. The van der Waals surface area contributed by atoms with E-state index in [0.29, 0.717) is 0 Å². The summed E-state index contributed by atoms with van der Waals surface area (Å²) in [4.78, 5) is 35.4. The molecule has 3 amide bonds. The van der Waals surface area contributed by atoms with Gasteiger partial charge < -0.3 is 10.1 Å². The van der Waals surface area contributed by atoms with Crippen molar-refractivity contribution in [3.8, 4) is 0 Å². The van der Waals surface area contributed by atoms with Crippen LogP contribution in [-0.2, 0) is 14.3 Å². The lowest BCUT2D eigenvalue weighted by atomic mass is 10.3. The van der Waals surface area contributed by atoms with Crippen molar-refractivity contribution in [2.75, 3.05) is 7.05 Å². The molecule has 114 valence electrons. The summed E-state index contributed by atoms with van der Waals surface area (Å²) >= 11 is 1.34. The average Bonchev–Trinajstić information content (AvgIpc) is 2.47. The minimum absolute atomic E-state index is 0.456. The molecule has 0 spiro atoms. The Kier molecular flexibility index (Phi) is 6.74.